The van der Waals surface area contributed by atoms with Gasteiger partial charge >= 0.3 is 26.2 Å². The molecule has 1 rings (SSSR count). The Labute approximate surface area is 125 Å². The maximum atomic E-state index is 11.9. The van der Waals surface area contributed by atoms with Crippen LogP contribution in [0.5, 0.6) is 0 Å². The molecule has 0 aliphatic heterocycles. The second kappa shape index (κ2) is 6.24. The zero-order chi connectivity index (χ0) is 17.2. The molecule has 0 unspecified atom stereocenters. The number of nitrogens with zero attached hydrogens (tertiary/aromatic N) is 2. The first-order valence-corrected chi connectivity index (χ1v) is 9.64. The molecule has 0 bridgehead atoms. The first kappa shape index (κ1) is 18.4. The van der Waals surface area contributed by atoms with Crippen molar-refractivity contribution in [3.05, 3.63) is 23.2 Å². The van der Waals surface area contributed by atoms with E-state index in [4.69, 9.17) is 14.5 Å². The van der Waals surface area contributed by atoms with E-state index in [0.717, 1.165) is 12.1 Å². The van der Waals surface area contributed by atoms with Crippen molar-refractivity contribution in [3.63, 3.8) is 0 Å². The first-order chi connectivity index (χ1) is 9.87. The van der Waals surface area contributed by atoms with Crippen LogP contribution in [0.3, 0.4) is 0 Å². The lowest BCUT2D eigenvalue weighted by atomic mass is 10.3. The molecule has 14 heteroatoms. The molecule has 11 nitrogen and oxygen atoms in total. The average Bonchev–Trinajstić information content (AvgIpc) is 2.35. The van der Waals surface area contributed by atoms with E-state index in [-0.39, 0.29) is 0 Å². The zero-order valence-corrected chi connectivity index (χ0v) is 13.0. The number of rotatable bonds is 6. The summed E-state index contributed by atoms with van der Waals surface area (Å²) in [7, 11) is -13.9. The van der Waals surface area contributed by atoms with Crippen LogP contribution in [0.15, 0.2) is 28.0 Å². The zero-order valence-electron chi connectivity index (χ0n) is 10.5. The highest BCUT2D eigenvalue weighted by atomic mass is 32.3. The number of hydrogen-bond acceptors (Lipinski definition) is 8. The highest BCUT2D eigenvalue weighted by Gasteiger charge is 2.28. The lowest BCUT2D eigenvalue weighted by molar-refractivity contribution is 0.284. The summed E-state index contributed by atoms with van der Waals surface area (Å²) in [5.41, 5.74) is -0.587. The maximum Gasteiger partial charge on any atom is 0.406 e. The van der Waals surface area contributed by atoms with Gasteiger partial charge in [-0.1, -0.05) is 0 Å². The predicted octanol–water partition coefficient (Wildman–Crippen LogP) is 0.0110. The van der Waals surface area contributed by atoms with Gasteiger partial charge in [-0.25, -0.2) is 12.6 Å². The molecule has 0 spiro atoms. The van der Waals surface area contributed by atoms with Gasteiger partial charge in [0.05, 0.1) is 17.3 Å². The molecule has 122 valence electrons. The standard InChI is InChI=1S/C8H8N2O9S3/c9-10-7-2-1-6(5-8(7)21(13,14)15)20(11,12)4-3-19-22(16,17)18/h1-2,5H,3-4H2,(H-,13,14,15,16,17,18)/p+1. The number of sulfone groups is 1. The summed E-state index contributed by atoms with van der Waals surface area (Å²) in [6.45, 7) is -0.908. The van der Waals surface area contributed by atoms with Crippen LogP contribution >= 0.6 is 0 Å². The van der Waals surface area contributed by atoms with Crippen molar-refractivity contribution in [3.8, 4) is 0 Å². The first-order valence-electron chi connectivity index (χ1n) is 5.18. The molecule has 1 aromatic carbocycles. The summed E-state index contributed by atoms with van der Waals surface area (Å²) in [6.07, 6.45) is 0. The van der Waals surface area contributed by atoms with Crippen molar-refractivity contribution in [2.24, 2.45) is 0 Å². The highest BCUT2D eigenvalue weighted by Crippen LogP contribution is 2.27. The lowest BCUT2D eigenvalue weighted by Gasteiger charge is -2.04. The van der Waals surface area contributed by atoms with Crippen molar-refractivity contribution < 1.29 is 38.5 Å². The normalized spacial score (nSPS) is 12.8. The van der Waals surface area contributed by atoms with Crippen molar-refractivity contribution in [1.29, 1.82) is 5.39 Å². The summed E-state index contributed by atoms with van der Waals surface area (Å²) < 4.78 is 87.6. The van der Waals surface area contributed by atoms with Crippen molar-refractivity contribution in [2.75, 3.05) is 12.4 Å². The molecule has 0 saturated carbocycles. The van der Waals surface area contributed by atoms with E-state index in [1.807, 2.05) is 0 Å². The molecule has 1 aromatic rings. The van der Waals surface area contributed by atoms with E-state index in [2.05, 4.69) is 9.16 Å². The van der Waals surface area contributed by atoms with Gasteiger partial charge in [-0.3, -0.25) is 9.11 Å². The van der Waals surface area contributed by atoms with E-state index in [9.17, 15) is 25.3 Å². The number of benzene rings is 1. The van der Waals surface area contributed by atoms with E-state index < -0.39 is 58.2 Å². The number of hydrogen-bond donors (Lipinski definition) is 2. The maximum absolute atomic E-state index is 11.9. The summed E-state index contributed by atoms with van der Waals surface area (Å²) >= 11 is 0. The molecule has 0 amide bonds. The SMILES string of the molecule is N#[N+]c1ccc(S(=O)(=O)CCOS(=O)(=O)O)cc1S(=O)(=O)O. The Morgan fingerprint density at radius 3 is 2.14 bits per heavy atom. The fourth-order valence-corrected chi connectivity index (χ4v) is 3.58. The summed E-state index contributed by atoms with van der Waals surface area (Å²) in [5, 5.41) is 8.59. The minimum atomic E-state index is -4.86. The van der Waals surface area contributed by atoms with Crippen LogP contribution in [0.4, 0.5) is 5.69 Å². The molecule has 0 atom stereocenters. The molecule has 0 radical (unpaired) electrons. The molecule has 0 aliphatic rings. The average molecular weight is 373 g/mol. The van der Waals surface area contributed by atoms with Crippen molar-refractivity contribution >= 4 is 36.0 Å². The Kier molecular flexibility index (Phi) is 5.22. The van der Waals surface area contributed by atoms with Gasteiger partial charge in [0.15, 0.2) is 19.7 Å². The molecule has 0 aromatic heterocycles. The van der Waals surface area contributed by atoms with E-state index in [1.54, 1.807) is 0 Å². The van der Waals surface area contributed by atoms with Gasteiger partial charge in [-0.2, -0.15) is 16.8 Å². The molecule has 0 aliphatic carbocycles. The molecule has 0 heterocycles. The second-order valence-corrected chi connectivity index (χ2v) is 8.36. The Bertz CT molecular complexity index is 926. The monoisotopic (exact) mass is 373 g/mol. The summed E-state index contributed by atoms with van der Waals surface area (Å²) in [4.78, 5) is 1.04. The Morgan fingerprint density at radius 2 is 1.68 bits per heavy atom. The second-order valence-electron chi connectivity index (χ2n) is 3.77. The molecule has 22 heavy (non-hydrogen) atoms. The van der Waals surface area contributed by atoms with E-state index in [1.165, 1.54) is 0 Å². The lowest BCUT2D eigenvalue weighted by Crippen LogP contribution is -2.15. The quantitative estimate of drug-likeness (QED) is 0.509. The Balaban J connectivity index is 3.20. The largest absolute Gasteiger partial charge is 0.406 e. The molecule has 2 N–H and O–H groups in total. The van der Waals surface area contributed by atoms with Crippen LogP contribution in [-0.4, -0.2) is 46.7 Å². The molecule has 0 saturated heterocycles. The predicted molar refractivity (Wildman–Crippen MR) is 70.6 cm³/mol. The van der Waals surface area contributed by atoms with Gasteiger partial charge in [0.2, 0.25) is 5.39 Å². The topological polar surface area (TPSA) is 180 Å². The summed E-state index contributed by atoms with van der Waals surface area (Å²) in [5.74, 6) is -0.896. The smallest absolute Gasteiger partial charge is 0.282 e. The van der Waals surface area contributed by atoms with Gasteiger partial charge in [0.25, 0.3) is 0 Å². The Morgan fingerprint density at radius 1 is 1.09 bits per heavy atom. The molecular weight excluding hydrogens is 364 g/mol. The van der Waals surface area contributed by atoms with Crippen LogP contribution < -0.4 is 0 Å². The van der Waals surface area contributed by atoms with Gasteiger partial charge < -0.3 is 0 Å². The van der Waals surface area contributed by atoms with Crippen LogP contribution in [0.2, 0.25) is 0 Å². The third kappa shape index (κ3) is 4.98. The van der Waals surface area contributed by atoms with Gasteiger partial charge in [0.1, 0.15) is 0 Å². The van der Waals surface area contributed by atoms with Crippen LogP contribution in [0.25, 0.3) is 4.98 Å². The number of diazo groups is 1. The molecular formula is C8H9N2O9S3+. The van der Waals surface area contributed by atoms with Gasteiger partial charge in [-0.15, -0.1) is 0 Å². The third-order valence-electron chi connectivity index (χ3n) is 2.26. The fourth-order valence-electron chi connectivity index (χ4n) is 1.34. The molecule has 0 fully saturated rings. The fraction of sp³-hybridized carbons (Fsp3) is 0.250. The van der Waals surface area contributed by atoms with Crippen molar-refractivity contribution in [1.82, 2.24) is 0 Å². The summed E-state index contributed by atoms with van der Waals surface area (Å²) in [6, 6.07) is 2.24. The van der Waals surface area contributed by atoms with Crippen molar-refractivity contribution in [2.45, 2.75) is 9.79 Å². The minimum Gasteiger partial charge on any atom is -0.282 e. The van der Waals surface area contributed by atoms with E-state index >= 15 is 0 Å². The van der Waals surface area contributed by atoms with E-state index in [0.29, 0.717) is 6.07 Å². The highest BCUT2D eigenvalue weighted by molar-refractivity contribution is 7.91. The van der Waals surface area contributed by atoms with Crippen LogP contribution in [0, 0.1) is 5.39 Å². The van der Waals surface area contributed by atoms with Gasteiger partial charge in [-0.05, 0) is 12.1 Å². The van der Waals surface area contributed by atoms with Crippen LogP contribution in [-0.2, 0) is 34.5 Å². The van der Waals surface area contributed by atoms with Crippen LogP contribution in [0.1, 0.15) is 0 Å². The van der Waals surface area contributed by atoms with Gasteiger partial charge in [0, 0.05) is 6.07 Å². The Hall–Kier alpha value is -1.63. The third-order valence-corrected chi connectivity index (χ3v) is 5.28. The minimum absolute atomic E-state index is 0.535.